The molecule has 0 atom stereocenters. The topological polar surface area (TPSA) is 37.8 Å². The van der Waals surface area contributed by atoms with E-state index in [1.807, 2.05) is 18.7 Å². The Morgan fingerprint density at radius 2 is 2.20 bits per heavy atom. The molecular weight excluding hydrogens is 226 g/mol. The molecular formula is C10H17N3S2. The largest absolute Gasteiger partial charge is 0.313 e. The molecule has 1 aliphatic carbocycles. The van der Waals surface area contributed by atoms with Crippen LogP contribution in [0.4, 0.5) is 0 Å². The summed E-state index contributed by atoms with van der Waals surface area (Å²) in [5.41, 5.74) is 0. The van der Waals surface area contributed by atoms with Gasteiger partial charge in [0.25, 0.3) is 0 Å². The average molecular weight is 243 g/mol. The zero-order chi connectivity index (χ0) is 10.5. The van der Waals surface area contributed by atoms with Crippen LogP contribution in [0.15, 0.2) is 4.34 Å². The van der Waals surface area contributed by atoms with Crippen LogP contribution in [0.3, 0.4) is 0 Å². The van der Waals surface area contributed by atoms with Crippen molar-refractivity contribution in [1.29, 1.82) is 0 Å². The number of aryl methyl sites for hydroxylation is 1. The lowest BCUT2D eigenvalue weighted by atomic mass is 10.2. The van der Waals surface area contributed by atoms with E-state index in [2.05, 4.69) is 15.5 Å². The first kappa shape index (κ1) is 11.4. The van der Waals surface area contributed by atoms with Crippen molar-refractivity contribution in [2.75, 3.05) is 12.3 Å². The first-order chi connectivity index (χ1) is 7.34. The Balaban J connectivity index is 1.58. The van der Waals surface area contributed by atoms with Gasteiger partial charge in [0.2, 0.25) is 0 Å². The van der Waals surface area contributed by atoms with Gasteiger partial charge < -0.3 is 5.32 Å². The van der Waals surface area contributed by atoms with Crippen molar-refractivity contribution < 1.29 is 0 Å². The van der Waals surface area contributed by atoms with Crippen LogP contribution < -0.4 is 5.32 Å². The second kappa shape index (κ2) is 5.82. The minimum Gasteiger partial charge on any atom is -0.313 e. The summed E-state index contributed by atoms with van der Waals surface area (Å²) in [7, 11) is 0. The predicted molar refractivity (Wildman–Crippen MR) is 65.6 cm³/mol. The zero-order valence-electron chi connectivity index (χ0n) is 9.03. The Morgan fingerprint density at radius 1 is 1.40 bits per heavy atom. The highest BCUT2D eigenvalue weighted by molar-refractivity contribution is 8.01. The van der Waals surface area contributed by atoms with Crippen molar-refractivity contribution >= 4 is 23.1 Å². The van der Waals surface area contributed by atoms with Crippen LogP contribution in [-0.2, 0) is 0 Å². The summed E-state index contributed by atoms with van der Waals surface area (Å²) in [6.07, 6.45) is 5.53. The molecule has 1 fully saturated rings. The quantitative estimate of drug-likeness (QED) is 0.637. The summed E-state index contributed by atoms with van der Waals surface area (Å²) in [5, 5.41) is 12.7. The second-order valence-corrected chi connectivity index (χ2v) is 6.39. The maximum atomic E-state index is 4.09. The lowest BCUT2D eigenvalue weighted by Gasteiger charge is -2.10. The van der Waals surface area contributed by atoms with Gasteiger partial charge in [-0.2, -0.15) is 0 Å². The van der Waals surface area contributed by atoms with Crippen molar-refractivity contribution in [2.45, 2.75) is 43.0 Å². The number of hydrogen-bond donors (Lipinski definition) is 1. The third-order valence-electron chi connectivity index (χ3n) is 2.62. The lowest BCUT2D eigenvalue weighted by Crippen LogP contribution is -2.27. The molecule has 5 heteroatoms. The van der Waals surface area contributed by atoms with Gasteiger partial charge in [-0.15, -0.1) is 10.2 Å². The van der Waals surface area contributed by atoms with E-state index >= 15 is 0 Å². The highest BCUT2D eigenvalue weighted by Gasteiger charge is 2.13. The highest BCUT2D eigenvalue weighted by Crippen LogP contribution is 2.21. The van der Waals surface area contributed by atoms with E-state index in [1.165, 1.54) is 25.7 Å². The number of hydrogen-bond acceptors (Lipinski definition) is 5. The Labute approximate surface area is 99.1 Å². The van der Waals surface area contributed by atoms with Crippen molar-refractivity contribution in [3.05, 3.63) is 5.01 Å². The fourth-order valence-corrected chi connectivity index (χ4v) is 3.62. The van der Waals surface area contributed by atoms with E-state index in [-0.39, 0.29) is 0 Å². The van der Waals surface area contributed by atoms with Gasteiger partial charge in [-0.05, 0) is 19.8 Å². The minimum absolute atomic E-state index is 0.779. The van der Waals surface area contributed by atoms with Crippen LogP contribution in [0.1, 0.15) is 30.7 Å². The van der Waals surface area contributed by atoms with E-state index in [1.54, 1.807) is 11.3 Å². The molecule has 84 valence electrons. The molecule has 1 aliphatic rings. The molecule has 3 nitrogen and oxygen atoms in total. The molecule has 1 N–H and O–H groups in total. The standard InChI is InChI=1S/C10H17N3S2/c1-8-12-13-10(15-8)14-7-6-11-9-4-2-3-5-9/h9,11H,2-7H2,1H3. The van der Waals surface area contributed by atoms with Crippen molar-refractivity contribution in [3.8, 4) is 0 Å². The summed E-state index contributed by atoms with van der Waals surface area (Å²) in [6, 6.07) is 0.779. The molecule has 0 spiro atoms. The van der Waals surface area contributed by atoms with E-state index in [0.29, 0.717) is 0 Å². The van der Waals surface area contributed by atoms with Gasteiger partial charge in [-0.25, -0.2) is 0 Å². The van der Waals surface area contributed by atoms with Gasteiger partial charge in [0.1, 0.15) is 5.01 Å². The molecule has 0 bridgehead atoms. The predicted octanol–water partition coefficient (Wildman–Crippen LogP) is 2.47. The monoisotopic (exact) mass is 243 g/mol. The van der Waals surface area contributed by atoms with Crippen LogP contribution in [0, 0.1) is 6.92 Å². The number of nitrogens with one attached hydrogen (secondary N) is 1. The van der Waals surface area contributed by atoms with Crippen LogP contribution in [-0.4, -0.2) is 28.5 Å². The molecule has 1 heterocycles. The van der Waals surface area contributed by atoms with Crippen molar-refractivity contribution in [1.82, 2.24) is 15.5 Å². The maximum absolute atomic E-state index is 4.09. The summed E-state index contributed by atoms with van der Waals surface area (Å²) in [6.45, 7) is 3.09. The van der Waals surface area contributed by atoms with Crippen LogP contribution in [0.25, 0.3) is 0 Å². The fraction of sp³-hybridized carbons (Fsp3) is 0.800. The molecule has 0 aliphatic heterocycles. The second-order valence-electron chi connectivity index (χ2n) is 3.87. The summed E-state index contributed by atoms with van der Waals surface area (Å²) < 4.78 is 1.10. The first-order valence-corrected chi connectivity index (χ1v) is 7.31. The van der Waals surface area contributed by atoms with Gasteiger partial charge in [0, 0.05) is 18.3 Å². The molecule has 0 radical (unpaired) electrons. The minimum atomic E-state index is 0.779. The zero-order valence-corrected chi connectivity index (χ0v) is 10.7. The Kier molecular flexibility index (Phi) is 4.41. The third kappa shape index (κ3) is 3.74. The maximum Gasteiger partial charge on any atom is 0.174 e. The summed E-state index contributed by atoms with van der Waals surface area (Å²) >= 11 is 3.49. The molecule has 0 unspecified atom stereocenters. The van der Waals surface area contributed by atoms with E-state index in [4.69, 9.17) is 0 Å². The smallest absolute Gasteiger partial charge is 0.174 e. The van der Waals surface area contributed by atoms with Crippen LogP contribution >= 0.6 is 23.1 Å². The Bertz CT molecular complexity index is 295. The number of aromatic nitrogens is 2. The molecule has 2 rings (SSSR count). The Hall–Kier alpha value is -0.130. The third-order valence-corrected chi connectivity index (χ3v) is 4.60. The van der Waals surface area contributed by atoms with E-state index in [9.17, 15) is 0 Å². The van der Waals surface area contributed by atoms with Crippen molar-refractivity contribution in [3.63, 3.8) is 0 Å². The van der Waals surface area contributed by atoms with Gasteiger partial charge >= 0.3 is 0 Å². The number of rotatable bonds is 5. The summed E-state index contributed by atoms with van der Waals surface area (Å²) in [4.78, 5) is 0. The molecule has 1 aromatic rings. The lowest BCUT2D eigenvalue weighted by molar-refractivity contribution is 0.545. The molecule has 0 saturated heterocycles. The van der Waals surface area contributed by atoms with Crippen molar-refractivity contribution in [2.24, 2.45) is 0 Å². The molecule has 0 aromatic carbocycles. The van der Waals surface area contributed by atoms with E-state index < -0.39 is 0 Å². The fourth-order valence-electron chi connectivity index (χ4n) is 1.87. The number of thioether (sulfide) groups is 1. The average Bonchev–Trinajstić information content (AvgIpc) is 2.84. The van der Waals surface area contributed by atoms with Crippen LogP contribution in [0.5, 0.6) is 0 Å². The molecule has 1 aromatic heterocycles. The SMILES string of the molecule is Cc1nnc(SCCNC2CCCC2)s1. The molecule has 0 amide bonds. The van der Waals surface area contributed by atoms with Gasteiger partial charge in [-0.1, -0.05) is 35.9 Å². The normalized spacial score (nSPS) is 17.4. The number of nitrogens with zero attached hydrogens (tertiary/aromatic N) is 2. The highest BCUT2D eigenvalue weighted by atomic mass is 32.2. The molecule has 15 heavy (non-hydrogen) atoms. The first-order valence-electron chi connectivity index (χ1n) is 5.51. The van der Waals surface area contributed by atoms with Gasteiger partial charge in [0.05, 0.1) is 0 Å². The van der Waals surface area contributed by atoms with Gasteiger partial charge in [-0.3, -0.25) is 0 Å². The molecule has 1 saturated carbocycles. The van der Waals surface area contributed by atoms with E-state index in [0.717, 1.165) is 27.7 Å². The van der Waals surface area contributed by atoms with Gasteiger partial charge in [0.15, 0.2) is 4.34 Å². The summed E-state index contributed by atoms with van der Waals surface area (Å²) in [5.74, 6) is 1.10. The Morgan fingerprint density at radius 3 is 2.87 bits per heavy atom. The van der Waals surface area contributed by atoms with Crippen LogP contribution in [0.2, 0.25) is 0 Å².